The summed E-state index contributed by atoms with van der Waals surface area (Å²) in [4.78, 5) is 0.364. The molecule has 0 aliphatic heterocycles. The molecule has 2 aromatic rings. The van der Waals surface area contributed by atoms with Crippen molar-refractivity contribution in [2.24, 2.45) is 12.8 Å². The number of nitrogens with one attached hydrogen (secondary N) is 1. The van der Waals surface area contributed by atoms with Crippen LogP contribution >= 0.6 is 23.6 Å². The summed E-state index contributed by atoms with van der Waals surface area (Å²) in [5.41, 5.74) is 8.37. The number of anilines is 2. The maximum Gasteiger partial charge on any atom is 0.138 e. The number of hydrogen-bond acceptors (Lipinski definition) is 4. The standard InChI is InChI=1S/C10H12N4S2/c1-6-8(9(11)15)10(14(2)13-6)12-7-3-4-16-5-7/h3-5,12H,1-2H3,(H2,11,15). The van der Waals surface area contributed by atoms with Gasteiger partial charge in [0.1, 0.15) is 10.8 Å². The third kappa shape index (κ3) is 1.94. The zero-order valence-electron chi connectivity index (χ0n) is 9.02. The third-order valence-corrected chi connectivity index (χ3v) is 3.14. The van der Waals surface area contributed by atoms with Crippen LogP contribution in [0, 0.1) is 6.92 Å². The summed E-state index contributed by atoms with van der Waals surface area (Å²) in [7, 11) is 1.86. The van der Waals surface area contributed by atoms with Gasteiger partial charge in [-0.25, -0.2) is 0 Å². The Balaban J connectivity index is 2.43. The molecule has 2 heterocycles. The highest BCUT2D eigenvalue weighted by atomic mass is 32.1. The van der Waals surface area contributed by atoms with Crippen LogP contribution in [-0.4, -0.2) is 14.8 Å². The Morgan fingerprint density at radius 2 is 2.38 bits per heavy atom. The molecule has 4 nitrogen and oxygen atoms in total. The van der Waals surface area contributed by atoms with Crippen molar-refractivity contribution >= 4 is 40.0 Å². The van der Waals surface area contributed by atoms with Crippen LogP contribution in [0.25, 0.3) is 0 Å². The van der Waals surface area contributed by atoms with E-state index >= 15 is 0 Å². The van der Waals surface area contributed by atoms with Crippen LogP contribution in [0.1, 0.15) is 11.3 Å². The largest absolute Gasteiger partial charge is 0.389 e. The second kappa shape index (κ2) is 4.23. The fourth-order valence-corrected chi connectivity index (χ4v) is 2.40. The molecule has 0 aromatic carbocycles. The van der Waals surface area contributed by atoms with Crippen molar-refractivity contribution in [2.75, 3.05) is 5.32 Å². The van der Waals surface area contributed by atoms with Gasteiger partial charge in [-0.3, -0.25) is 4.68 Å². The zero-order chi connectivity index (χ0) is 11.7. The molecule has 0 saturated heterocycles. The van der Waals surface area contributed by atoms with Crippen LogP contribution < -0.4 is 11.1 Å². The summed E-state index contributed by atoms with van der Waals surface area (Å²) in [5, 5.41) is 11.6. The molecule has 0 saturated carbocycles. The number of thiocarbonyl (C=S) groups is 1. The van der Waals surface area contributed by atoms with E-state index in [0.29, 0.717) is 4.99 Å². The van der Waals surface area contributed by atoms with Crippen molar-refractivity contribution in [1.82, 2.24) is 9.78 Å². The minimum absolute atomic E-state index is 0.364. The van der Waals surface area contributed by atoms with Gasteiger partial charge in [0.15, 0.2) is 0 Å². The third-order valence-electron chi connectivity index (χ3n) is 2.25. The molecule has 2 rings (SSSR count). The van der Waals surface area contributed by atoms with Crippen LogP contribution in [0.3, 0.4) is 0 Å². The van der Waals surface area contributed by atoms with Gasteiger partial charge in [0, 0.05) is 12.4 Å². The van der Waals surface area contributed by atoms with Gasteiger partial charge < -0.3 is 11.1 Å². The number of nitrogens with zero attached hydrogens (tertiary/aromatic N) is 2. The van der Waals surface area contributed by atoms with Crippen LogP contribution in [0.4, 0.5) is 11.5 Å². The Labute approximate surface area is 103 Å². The van der Waals surface area contributed by atoms with E-state index in [2.05, 4.69) is 10.4 Å². The molecule has 6 heteroatoms. The van der Waals surface area contributed by atoms with Crippen LogP contribution in [0.5, 0.6) is 0 Å². The molecule has 84 valence electrons. The first-order valence-corrected chi connectivity index (χ1v) is 6.07. The van der Waals surface area contributed by atoms with Gasteiger partial charge >= 0.3 is 0 Å². The van der Waals surface area contributed by atoms with Gasteiger partial charge in [-0.1, -0.05) is 12.2 Å². The van der Waals surface area contributed by atoms with Crippen molar-refractivity contribution in [2.45, 2.75) is 6.92 Å². The highest BCUT2D eigenvalue weighted by Gasteiger charge is 2.15. The normalized spacial score (nSPS) is 10.4. The molecular weight excluding hydrogens is 240 g/mol. The van der Waals surface area contributed by atoms with Crippen molar-refractivity contribution in [1.29, 1.82) is 0 Å². The lowest BCUT2D eigenvalue weighted by atomic mass is 10.2. The van der Waals surface area contributed by atoms with E-state index in [1.165, 1.54) is 0 Å². The molecule has 0 atom stereocenters. The molecule has 0 amide bonds. The maximum atomic E-state index is 5.70. The molecule has 0 unspecified atom stereocenters. The number of thiophene rings is 1. The summed E-state index contributed by atoms with van der Waals surface area (Å²) in [6.45, 7) is 1.90. The van der Waals surface area contributed by atoms with Gasteiger partial charge in [-0.15, -0.1) is 0 Å². The van der Waals surface area contributed by atoms with E-state index in [1.54, 1.807) is 16.0 Å². The highest BCUT2D eigenvalue weighted by Crippen LogP contribution is 2.24. The van der Waals surface area contributed by atoms with Gasteiger partial charge in [-0.2, -0.15) is 16.4 Å². The molecule has 16 heavy (non-hydrogen) atoms. The van der Waals surface area contributed by atoms with E-state index in [-0.39, 0.29) is 0 Å². The number of rotatable bonds is 3. The Bertz CT molecular complexity index is 513. The van der Waals surface area contributed by atoms with E-state index in [4.69, 9.17) is 18.0 Å². The Morgan fingerprint density at radius 1 is 1.62 bits per heavy atom. The quantitative estimate of drug-likeness (QED) is 0.822. The molecular formula is C10H12N4S2. The SMILES string of the molecule is Cc1nn(C)c(Nc2ccsc2)c1C(N)=S. The summed E-state index contributed by atoms with van der Waals surface area (Å²) in [5.74, 6) is 0.836. The second-order valence-corrected chi connectivity index (χ2v) is 4.65. The minimum atomic E-state index is 0.364. The molecule has 0 bridgehead atoms. The Morgan fingerprint density at radius 3 is 2.94 bits per heavy atom. The van der Waals surface area contributed by atoms with Crippen LogP contribution in [-0.2, 0) is 7.05 Å². The summed E-state index contributed by atoms with van der Waals surface area (Å²) >= 11 is 6.66. The molecule has 0 aliphatic rings. The molecule has 0 aliphatic carbocycles. The molecule has 0 radical (unpaired) electrons. The lowest BCUT2D eigenvalue weighted by Gasteiger charge is -2.06. The molecule has 0 fully saturated rings. The second-order valence-electron chi connectivity index (χ2n) is 3.43. The summed E-state index contributed by atoms with van der Waals surface area (Å²) in [6.07, 6.45) is 0. The summed E-state index contributed by atoms with van der Waals surface area (Å²) in [6, 6.07) is 2.00. The number of aromatic nitrogens is 2. The van der Waals surface area contributed by atoms with E-state index < -0.39 is 0 Å². The first kappa shape index (κ1) is 11.1. The monoisotopic (exact) mass is 252 g/mol. The van der Waals surface area contributed by atoms with E-state index in [0.717, 1.165) is 22.8 Å². The summed E-state index contributed by atoms with van der Waals surface area (Å²) < 4.78 is 1.75. The lowest BCUT2D eigenvalue weighted by Crippen LogP contribution is -2.12. The van der Waals surface area contributed by atoms with Crippen LogP contribution in [0.15, 0.2) is 16.8 Å². The zero-order valence-corrected chi connectivity index (χ0v) is 10.7. The predicted molar refractivity (Wildman–Crippen MR) is 71.4 cm³/mol. The van der Waals surface area contributed by atoms with Gasteiger partial charge in [0.05, 0.1) is 16.9 Å². The first-order chi connectivity index (χ1) is 7.59. The van der Waals surface area contributed by atoms with Crippen LogP contribution in [0.2, 0.25) is 0 Å². The highest BCUT2D eigenvalue weighted by molar-refractivity contribution is 7.80. The average Bonchev–Trinajstić information content (AvgIpc) is 2.76. The van der Waals surface area contributed by atoms with Crippen molar-refractivity contribution in [3.63, 3.8) is 0 Å². The van der Waals surface area contributed by atoms with Gasteiger partial charge in [-0.05, 0) is 18.4 Å². The predicted octanol–water partition coefficient (Wildman–Crippen LogP) is 2.17. The smallest absolute Gasteiger partial charge is 0.138 e. The number of hydrogen-bond donors (Lipinski definition) is 2. The van der Waals surface area contributed by atoms with Crippen molar-refractivity contribution in [3.8, 4) is 0 Å². The first-order valence-electron chi connectivity index (χ1n) is 4.72. The number of nitrogens with two attached hydrogens (primary N) is 1. The van der Waals surface area contributed by atoms with E-state index in [9.17, 15) is 0 Å². The maximum absolute atomic E-state index is 5.70. The molecule has 3 N–H and O–H groups in total. The van der Waals surface area contributed by atoms with Crippen molar-refractivity contribution < 1.29 is 0 Å². The van der Waals surface area contributed by atoms with Gasteiger partial charge in [0.2, 0.25) is 0 Å². The Hall–Kier alpha value is -1.40. The van der Waals surface area contributed by atoms with E-state index in [1.807, 2.05) is 30.8 Å². The number of aryl methyl sites for hydroxylation is 2. The van der Waals surface area contributed by atoms with Gasteiger partial charge in [0.25, 0.3) is 0 Å². The topological polar surface area (TPSA) is 55.9 Å². The lowest BCUT2D eigenvalue weighted by molar-refractivity contribution is 0.765. The molecule has 2 aromatic heterocycles. The average molecular weight is 252 g/mol. The fourth-order valence-electron chi connectivity index (χ4n) is 1.57. The molecule has 0 spiro atoms. The van der Waals surface area contributed by atoms with Crippen molar-refractivity contribution in [3.05, 3.63) is 28.1 Å². The fraction of sp³-hybridized carbons (Fsp3) is 0.200. The minimum Gasteiger partial charge on any atom is -0.389 e. The Kier molecular flexibility index (Phi) is 2.93.